The number of hydrogen-bond acceptors (Lipinski definition) is 6. The van der Waals surface area contributed by atoms with Crippen LogP contribution in [-0.2, 0) is 20.6 Å². The molecule has 1 aliphatic heterocycles. The first-order valence-corrected chi connectivity index (χ1v) is 10.8. The van der Waals surface area contributed by atoms with Crippen LogP contribution in [0.15, 0.2) is 18.2 Å². The fourth-order valence-electron chi connectivity index (χ4n) is 3.25. The second-order valence-electron chi connectivity index (χ2n) is 11.0. The maximum atomic E-state index is 12.9. The molecule has 0 N–H and O–H groups in total. The van der Waals surface area contributed by atoms with Crippen LogP contribution in [0.2, 0.25) is 0 Å². The third-order valence-electron chi connectivity index (χ3n) is 4.28. The van der Waals surface area contributed by atoms with Gasteiger partial charge >= 0.3 is 18.3 Å². The molecule has 0 spiro atoms. The molecule has 1 atom stereocenters. The van der Waals surface area contributed by atoms with Gasteiger partial charge in [0.15, 0.2) is 0 Å². The lowest BCUT2D eigenvalue weighted by Crippen LogP contribution is -2.43. The number of hydrogen-bond donors (Lipinski definition) is 0. The van der Waals surface area contributed by atoms with Crippen molar-refractivity contribution in [3.63, 3.8) is 0 Å². The summed E-state index contributed by atoms with van der Waals surface area (Å²) in [7, 11) is 0. The molecule has 1 aliphatic rings. The lowest BCUT2D eigenvalue weighted by molar-refractivity contribution is 0.0429. The number of imide groups is 1. The molecule has 1 aromatic carbocycles. The molecular formula is C24H36N2O6. The van der Waals surface area contributed by atoms with Crippen LogP contribution >= 0.6 is 0 Å². The van der Waals surface area contributed by atoms with Crippen LogP contribution in [0.3, 0.4) is 0 Å². The molecule has 0 fully saturated rings. The molecule has 0 aliphatic carbocycles. The van der Waals surface area contributed by atoms with Crippen LogP contribution in [0.4, 0.5) is 25.8 Å². The van der Waals surface area contributed by atoms with E-state index in [-0.39, 0.29) is 6.04 Å². The molecule has 178 valence electrons. The van der Waals surface area contributed by atoms with E-state index in [2.05, 4.69) is 0 Å². The Balaban J connectivity index is 2.43. The third kappa shape index (κ3) is 6.61. The Morgan fingerprint density at radius 3 is 1.75 bits per heavy atom. The Hall–Kier alpha value is -2.77. The number of ether oxygens (including phenoxy) is 3. The van der Waals surface area contributed by atoms with E-state index in [1.54, 1.807) is 64.6 Å². The van der Waals surface area contributed by atoms with E-state index in [4.69, 9.17) is 14.2 Å². The van der Waals surface area contributed by atoms with Crippen molar-refractivity contribution in [2.24, 2.45) is 0 Å². The molecule has 1 unspecified atom stereocenters. The van der Waals surface area contributed by atoms with E-state index in [1.807, 2.05) is 27.7 Å². The van der Waals surface area contributed by atoms with E-state index in [9.17, 15) is 14.4 Å². The normalized spacial score (nSPS) is 16.3. The minimum Gasteiger partial charge on any atom is -0.443 e. The van der Waals surface area contributed by atoms with Gasteiger partial charge in [0.25, 0.3) is 0 Å². The summed E-state index contributed by atoms with van der Waals surface area (Å²) in [5, 5.41) is 0. The standard InChI is InChI=1S/C24H36N2O6/c1-15-13-16-14-17(11-12-18(16)25(15)19(27)30-22(2,3)4)26(20(28)31-23(5,6)7)21(29)32-24(8,9)10/h11-12,14-15H,13H2,1-10H3. The van der Waals surface area contributed by atoms with E-state index in [0.717, 1.165) is 10.5 Å². The molecule has 0 bridgehead atoms. The van der Waals surface area contributed by atoms with Gasteiger partial charge in [-0.05, 0) is 99.4 Å². The van der Waals surface area contributed by atoms with Crippen LogP contribution in [0.5, 0.6) is 0 Å². The molecule has 0 radical (unpaired) electrons. The quantitative estimate of drug-likeness (QED) is 0.486. The fourth-order valence-corrected chi connectivity index (χ4v) is 3.25. The van der Waals surface area contributed by atoms with Gasteiger partial charge in [-0.2, -0.15) is 4.90 Å². The fraction of sp³-hybridized carbons (Fsp3) is 0.625. The first-order valence-electron chi connectivity index (χ1n) is 10.8. The van der Waals surface area contributed by atoms with Gasteiger partial charge in [-0.3, -0.25) is 4.90 Å². The van der Waals surface area contributed by atoms with Crippen molar-refractivity contribution in [3.05, 3.63) is 23.8 Å². The average Bonchev–Trinajstić information content (AvgIpc) is 2.84. The number of nitrogens with zero attached hydrogens (tertiary/aromatic N) is 2. The lowest BCUT2D eigenvalue weighted by Gasteiger charge is -2.29. The van der Waals surface area contributed by atoms with Crippen molar-refractivity contribution in [2.75, 3.05) is 9.80 Å². The number of fused-ring (bicyclic) bond motifs is 1. The van der Waals surface area contributed by atoms with Gasteiger partial charge in [-0.15, -0.1) is 0 Å². The SMILES string of the molecule is CC1Cc2cc(N(C(=O)OC(C)(C)C)C(=O)OC(C)(C)C)ccc2N1C(=O)OC(C)(C)C. The number of rotatable bonds is 1. The minimum absolute atomic E-state index is 0.133. The summed E-state index contributed by atoms with van der Waals surface area (Å²) in [6.07, 6.45) is -1.55. The van der Waals surface area contributed by atoms with Crippen LogP contribution < -0.4 is 9.80 Å². The summed E-state index contributed by atoms with van der Waals surface area (Å²) in [6, 6.07) is 4.89. The van der Waals surface area contributed by atoms with Crippen molar-refractivity contribution in [2.45, 2.75) is 98.5 Å². The molecule has 0 saturated heterocycles. The predicted octanol–water partition coefficient (Wildman–Crippen LogP) is 6.05. The topological polar surface area (TPSA) is 85.4 Å². The summed E-state index contributed by atoms with van der Waals surface area (Å²) >= 11 is 0. The maximum Gasteiger partial charge on any atom is 0.424 e. The maximum absolute atomic E-state index is 12.9. The van der Waals surface area contributed by atoms with Gasteiger partial charge in [0, 0.05) is 6.04 Å². The predicted molar refractivity (Wildman–Crippen MR) is 123 cm³/mol. The molecule has 0 saturated carbocycles. The zero-order chi connectivity index (χ0) is 24.6. The Morgan fingerprint density at radius 1 is 0.844 bits per heavy atom. The summed E-state index contributed by atoms with van der Waals surface area (Å²) in [6.45, 7) is 17.7. The number of anilines is 2. The molecule has 1 heterocycles. The van der Waals surface area contributed by atoms with E-state index < -0.39 is 35.1 Å². The lowest BCUT2D eigenvalue weighted by atomic mass is 10.1. The Labute approximate surface area is 190 Å². The highest BCUT2D eigenvalue weighted by atomic mass is 16.6. The molecular weight excluding hydrogens is 412 g/mol. The molecule has 2 rings (SSSR count). The smallest absolute Gasteiger partial charge is 0.424 e. The van der Waals surface area contributed by atoms with E-state index in [1.165, 1.54) is 0 Å². The van der Waals surface area contributed by atoms with Crippen molar-refractivity contribution >= 4 is 29.7 Å². The second kappa shape index (κ2) is 8.64. The van der Waals surface area contributed by atoms with E-state index in [0.29, 0.717) is 17.8 Å². The molecule has 8 heteroatoms. The zero-order valence-corrected chi connectivity index (χ0v) is 20.9. The summed E-state index contributed by atoms with van der Waals surface area (Å²) in [4.78, 5) is 41.0. The molecule has 1 aromatic rings. The van der Waals surface area contributed by atoms with Crippen molar-refractivity contribution in [3.8, 4) is 0 Å². The molecule has 3 amide bonds. The van der Waals surface area contributed by atoms with Crippen LogP contribution in [0.25, 0.3) is 0 Å². The Morgan fingerprint density at radius 2 is 1.31 bits per heavy atom. The molecule has 0 aromatic heterocycles. The van der Waals surface area contributed by atoms with Gasteiger partial charge < -0.3 is 14.2 Å². The van der Waals surface area contributed by atoms with Crippen LogP contribution in [-0.4, -0.2) is 41.1 Å². The van der Waals surface area contributed by atoms with E-state index >= 15 is 0 Å². The highest BCUT2D eigenvalue weighted by Gasteiger charge is 2.37. The average molecular weight is 449 g/mol. The number of amides is 3. The monoisotopic (exact) mass is 448 g/mol. The Bertz CT molecular complexity index is 861. The van der Waals surface area contributed by atoms with Crippen LogP contribution in [0, 0.1) is 0 Å². The number of carbonyl (C=O) groups is 3. The number of benzene rings is 1. The van der Waals surface area contributed by atoms with Crippen molar-refractivity contribution in [1.29, 1.82) is 0 Å². The molecule has 32 heavy (non-hydrogen) atoms. The van der Waals surface area contributed by atoms with Crippen molar-refractivity contribution < 1.29 is 28.6 Å². The first-order chi connectivity index (χ1) is 14.4. The highest BCUT2D eigenvalue weighted by molar-refractivity contribution is 6.10. The van der Waals surface area contributed by atoms with Crippen molar-refractivity contribution in [1.82, 2.24) is 0 Å². The zero-order valence-electron chi connectivity index (χ0n) is 20.9. The summed E-state index contributed by atoms with van der Waals surface area (Å²) in [5.74, 6) is 0. The Kier molecular flexibility index (Phi) is 6.88. The molecule has 8 nitrogen and oxygen atoms in total. The summed E-state index contributed by atoms with van der Waals surface area (Å²) < 4.78 is 16.4. The van der Waals surface area contributed by atoms with Gasteiger partial charge in [-0.25, -0.2) is 14.4 Å². The van der Waals surface area contributed by atoms with Gasteiger partial charge in [0.1, 0.15) is 16.8 Å². The third-order valence-corrected chi connectivity index (χ3v) is 4.28. The second-order valence-corrected chi connectivity index (χ2v) is 11.0. The van der Waals surface area contributed by atoms with Gasteiger partial charge in [-0.1, -0.05) is 0 Å². The largest absolute Gasteiger partial charge is 0.443 e. The highest BCUT2D eigenvalue weighted by Crippen LogP contribution is 2.36. The minimum atomic E-state index is -0.832. The first kappa shape index (κ1) is 25.5. The van der Waals surface area contributed by atoms with Crippen LogP contribution in [0.1, 0.15) is 74.8 Å². The summed E-state index contributed by atoms with van der Waals surface area (Å²) in [5.41, 5.74) is -0.400. The van der Waals surface area contributed by atoms with Gasteiger partial charge in [0.2, 0.25) is 0 Å². The number of carbonyl (C=O) groups excluding carboxylic acids is 3. The van der Waals surface area contributed by atoms with Gasteiger partial charge in [0.05, 0.1) is 11.4 Å².